The van der Waals surface area contributed by atoms with Crippen LogP contribution in [0.25, 0.3) is 0 Å². The van der Waals surface area contributed by atoms with E-state index in [4.69, 9.17) is 4.52 Å². The molecule has 4 amide bonds. The molecule has 13 nitrogen and oxygen atoms in total. The number of unbranched alkanes of at least 4 members (excludes halogenated alkanes) is 2. The van der Waals surface area contributed by atoms with Crippen LogP contribution in [0.2, 0.25) is 0 Å². The van der Waals surface area contributed by atoms with Gasteiger partial charge in [0.05, 0.1) is 0 Å². The number of carboxylic acid groups (broad SMARTS) is 1. The van der Waals surface area contributed by atoms with Gasteiger partial charge in [0.25, 0.3) is 5.91 Å². The lowest BCUT2D eigenvalue weighted by Crippen LogP contribution is -2.51. The number of carboxylic acids is 1. The summed E-state index contributed by atoms with van der Waals surface area (Å²) in [6, 6.07) is -1.97. The van der Waals surface area contributed by atoms with Gasteiger partial charge in [-0.1, -0.05) is 26.2 Å². The second-order valence-electron chi connectivity index (χ2n) is 10.7. The van der Waals surface area contributed by atoms with Crippen molar-refractivity contribution in [3.63, 3.8) is 0 Å². The number of amides is 4. The smallest absolute Gasteiger partial charge is 0.350 e. The Labute approximate surface area is 235 Å². The first-order chi connectivity index (χ1) is 18.9. The first-order valence-corrected chi connectivity index (χ1v) is 15.9. The Morgan fingerprint density at radius 2 is 1.73 bits per heavy atom. The molecule has 2 rings (SSSR count). The van der Waals surface area contributed by atoms with Crippen molar-refractivity contribution >= 4 is 37.2 Å². The summed E-state index contributed by atoms with van der Waals surface area (Å²) < 4.78 is 18.7. The number of nitrogens with zero attached hydrogens (tertiary/aromatic N) is 1. The average molecular weight is 589 g/mol. The van der Waals surface area contributed by atoms with Gasteiger partial charge in [-0.2, -0.15) is 0 Å². The van der Waals surface area contributed by atoms with Gasteiger partial charge in [-0.15, -0.1) is 0 Å². The topological polar surface area (TPSA) is 191 Å². The second kappa shape index (κ2) is 16.1. The first-order valence-electron chi connectivity index (χ1n) is 14.3. The number of nitrogens with one attached hydrogen (secondary N) is 3. The standard InChI is InChI=1S/C26H45N4O9P/c1-4-5-14-22(40(37,38)39-17(2)25(34)30-16-9-13-21(30)26(35)36)29-24(33)20(12-6-7-15-27-18(3)31)28-23(32)19-10-8-11-19/h17,19-22H,4-16H2,1-3H3,(H,27,31)(H,28,32)(H,29,33)(H,35,36)(H,37,38)/t17?,20-,21-,22-/m0/s1. The highest BCUT2D eigenvalue weighted by molar-refractivity contribution is 7.53. The van der Waals surface area contributed by atoms with Crippen LogP contribution >= 0.6 is 7.60 Å². The van der Waals surface area contributed by atoms with E-state index in [2.05, 4.69) is 16.0 Å². The molecule has 0 radical (unpaired) electrons. The Bertz CT molecular complexity index is 958. The molecule has 0 aromatic carbocycles. The van der Waals surface area contributed by atoms with Gasteiger partial charge in [-0.25, -0.2) is 4.79 Å². The van der Waals surface area contributed by atoms with Gasteiger partial charge in [-0.05, 0) is 58.3 Å². The predicted molar refractivity (Wildman–Crippen MR) is 146 cm³/mol. The minimum Gasteiger partial charge on any atom is -0.480 e. The highest BCUT2D eigenvalue weighted by atomic mass is 31.2. The quantitative estimate of drug-likeness (QED) is 0.125. The van der Waals surface area contributed by atoms with Gasteiger partial charge in [-0.3, -0.25) is 28.3 Å². The van der Waals surface area contributed by atoms with Crippen molar-refractivity contribution in [2.24, 2.45) is 5.92 Å². The molecule has 228 valence electrons. The molecule has 0 bridgehead atoms. The van der Waals surface area contributed by atoms with E-state index in [1.807, 2.05) is 6.92 Å². The van der Waals surface area contributed by atoms with E-state index >= 15 is 0 Å². The number of aliphatic carboxylic acids is 1. The third kappa shape index (κ3) is 10.2. The monoisotopic (exact) mass is 588 g/mol. The zero-order chi connectivity index (χ0) is 29.9. The summed E-state index contributed by atoms with van der Waals surface area (Å²) in [6.07, 6.45) is 4.44. The molecule has 5 atom stereocenters. The zero-order valence-corrected chi connectivity index (χ0v) is 24.6. The maximum absolute atomic E-state index is 13.4. The minimum atomic E-state index is -4.60. The van der Waals surface area contributed by atoms with E-state index in [9.17, 15) is 38.5 Å². The van der Waals surface area contributed by atoms with Gasteiger partial charge in [0.1, 0.15) is 24.0 Å². The summed E-state index contributed by atoms with van der Waals surface area (Å²) >= 11 is 0. The lowest BCUT2D eigenvalue weighted by atomic mass is 9.84. The van der Waals surface area contributed by atoms with E-state index in [0.717, 1.165) is 24.2 Å². The second-order valence-corrected chi connectivity index (χ2v) is 12.6. The highest BCUT2D eigenvalue weighted by Gasteiger charge is 2.42. The average Bonchev–Trinajstić information content (AvgIpc) is 3.33. The molecule has 1 heterocycles. The third-order valence-corrected chi connectivity index (χ3v) is 9.21. The van der Waals surface area contributed by atoms with Crippen LogP contribution < -0.4 is 16.0 Å². The number of carbonyl (C=O) groups excluding carboxylic acids is 4. The Balaban J connectivity index is 2.10. The molecule has 1 aliphatic heterocycles. The molecule has 14 heteroatoms. The third-order valence-electron chi connectivity index (χ3n) is 7.41. The predicted octanol–water partition coefficient (Wildman–Crippen LogP) is 1.88. The number of hydrogen-bond acceptors (Lipinski definition) is 7. The van der Waals surface area contributed by atoms with Crippen molar-refractivity contribution in [2.75, 3.05) is 13.1 Å². The first kappa shape index (κ1) is 33.7. The van der Waals surface area contributed by atoms with Gasteiger partial charge in [0, 0.05) is 25.9 Å². The van der Waals surface area contributed by atoms with E-state index in [1.54, 1.807) is 0 Å². The molecule has 40 heavy (non-hydrogen) atoms. The Morgan fingerprint density at radius 3 is 2.30 bits per heavy atom. The number of hydrogen-bond donors (Lipinski definition) is 5. The molecular weight excluding hydrogens is 543 g/mol. The molecular formula is C26H45N4O9P. The molecule has 0 aromatic rings. The number of carbonyl (C=O) groups is 5. The summed E-state index contributed by atoms with van der Waals surface area (Å²) in [5, 5.41) is 17.4. The van der Waals surface area contributed by atoms with E-state index in [1.165, 1.54) is 13.8 Å². The summed E-state index contributed by atoms with van der Waals surface area (Å²) in [4.78, 5) is 73.5. The van der Waals surface area contributed by atoms with Crippen LogP contribution in [0.4, 0.5) is 0 Å². The minimum absolute atomic E-state index is 0.101. The Kier molecular flexibility index (Phi) is 13.5. The highest BCUT2D eigenvalue weighted by Crippen LogP contribution is 2.49. The van der Waals surface area contributed by atoms with Gasteiger partial charge in [0.15, 0.2) is 0 Å². The van der Waals surface area contributed by atoms with Crippen LogP contribution in [-0.2, 0) is 33.1 Å². The fourth-order valence-corrected chi connectivity index (χ4v) is 6.30. The fraction of sp³-hybridized carbons (Fsp3) is 0.808. The van der Waals surface area contributed by atoms with E-state index < -0.39 is 49.4 Å². The summed E-state index contributed by atoms with van der Waals surface area (Å²) in [6.45, 7) is 5.21. The molecule has 0 spiro atoms. The van der Waals surface area contributed by atoms with Crippen molar-refractivity contribution in [3.05, 3.63) is 0 Å². The van der Waals surface area contributed by atoms with Crippen LogP contribution in [0.1, 0.15) is 91.4 Å². The van der Waals surface area contributed by atoms with E-state index in [0.29, 0.717) is 45.1 Å². The molecule has 1 aliphatic carbocycles. The van der Waals surface area contributed by atoms with Gasteiger partial charge < -0.3 is 30.9 Å². The van der Waals surface area contributed by atoms with Crippen LogP contribution in [-0.4, -0.2) is 81.6 Å². The Hall–Kier alpha value is -2.50. The lowest BCUT2D eigenvalue weighted by molar-refractivity contribution is -0.151. The Morgan fingerprint density at radius 1 is 1.02 bits per heavy atom. The van der Waals surface area contributed by atoms with Crippen molar-refractivity contribution in [3.8, 4) is 0 Å². The van der Waals surface area contributed by atoms with Crippen molar-refractivity contribution < 1.29 is 43.1 Å². The van der Waals surface area contributed by atoms with Crippen LogP contribution in [0.15, 0.2) is 0 Å². The molecule has 2 unspecified atom stereocenters. The van der Waals surface area contributed by atoms with Crippen LogP contribution in [0.5, 0.6) is 0 Å². The van der Waals surface area contributed by atoms with Crippen LogP contribution in [0, 0.1) is 5.92 Å². The maximum Gasteiger partial charge on any atom is 0.350 e. The molecule has 2 aliphatic rings. The molecule has 5 N–H and O–H groups in total. The van der Waals surface area contributed by atoms with Crippen molar-refractivity contribution in [2.45, 2.75) is 115 Å². The normalized spacial score (nSPS) is 20.9. The van der Waals surface area contributed by atoms with Crippen molar-refractivity contribution in [1.29, 1.82) is 0 Å². The summed E-state index contributed by atoms with van der Waals surface area (Å²) in [5.41, 5.74) is 0. The van der Waals surface area contributed by atoms with Crippen LogP contribution in [0.3, 0.4) is 0 Å². The largest absolute Gasteiger partial charge is 0.480 e. The fourth-order valence-electron chi connectivity index (χ4n) is 4.81. The number of rotatable bonds is 17. The zero-order valence-electron chi connectivity index (χ0n) is 23.7. The molecule has 0 aromatic heterocycles. The molecule has 1 saturated heterocycles. The van der Waals surface area contributed by atoms with Crippen molar-refractivity contribution in [1.82, 2.24) is 20.9 Å². The van der Waals surface area contributed by atoms with Gasteiger partial charge >= 0.3 is 13.6 Å². The summed E-state index contributed by atoms with van der Waals surface area (Å²) in [5.74, 6) is -4.37. The summed E-state index contributed by atoms with van der Waals surface area (Å²) in [7, 11) is -4.60. The van der Waals surface area contributed by atoms with E-state index in [-0.39, 0.29) is 37.1 Å². The number of likely N-dealkylation sites (tertiary alicyclic amines) is 1. The van der Waals surface area contributed by atoms with Gasteiger partial charge in [0.2, 0.25) is 17.7 Å². The molecule has 2 fully saturated rings. The lowest BCUT2D eigenvalue weighted by Gasteiger charge is -2.31. The SMILES string of the molecule is CCCC[C@@H](NC(=O)[C@H](CCCCNC(C)=O)NC(=O)C1CCC1)P(=O)(O)OC(C)C(=O)N1CCC[C@H]1C(=O)O. The molecule has 1 saturated carbocycles. The maximum atomic E-state index is 13.4.